The van der Waals surface area contributed by atoms with Gasteiger partial charge in [-0.2, -0.15) is 0 Å². The van der Waals surface area contributed by atoms with Crippen molar-refractivity contribution in [1.29, 1.82) is 5.41 Å². The van der Waals surface area contributed by atoms with Gasteiger partial charge in [-0.15, -0.1) is 0 Å². The largest absolute Gasteiger partial charge is 0.481 e. The number of carboxylic acid groups (broad SMARTS) is 1. The highest BCUT2D eigenvalue weighted by molar-refractivity contribution is 8.15. The summed E-state index contributed by atoms with van der Waals surface area (Å²) in [4.78, 5) is 32.6. The minimum atomic E-state index is -0.991. The van der Waals surface area contributed by atoms with Crippen LogP contribution in [0.25, 0.3) is 0 Å². The highest BCUT2D eigenvalue weighted by Gasteiger charge is 2.30. The lowest BCUT2D eigenvalue weighted by molar-refractivity contribution is -0.137. The summed E-state index contributed by atoms with van der Waals surface area (Å²) in [5.74, 6) is -1.73. The van der Waals surface area contributed by atoms with E-state index in [1.165, 1.54) is 0 Å². The molecule has 1 atom stereocenters. The van der Waals surface area contributed by atoms with Crippen molar-refractivity contribution in [1.82, 2.24) is 10.6 Å². The smallest absolute Gasteiger partial charge is 0.305 e. The molecule has 1 fully saturated rings. The Morgan fingerprint density at radius 2 is 2.25 bits per heavy atom. The van der Waals surface area contributed by atoms with Gasteiger partial charge in [-0.05, 0) is 0 Å². The molecule has 0 bridgehead atoms. The summed E-state index contributed by atoms with van der Waals surface area (Å²) in [7, 11) is 0. The number of nitrogens with one attached hydrogen (secondary N) is 3. The number of carbonyl (C=O) groups is 3. The molecule has 1 saturated heterocycles. The van der Waals surface area contributed by atoms with Crippen molar-refractivity contribution in [2.45, 2.75) is 18.1 Å². The second-order valence-corrected chi connectivity index (χ2v) is 4.34. The van der Waals surface area contributed by atoms with Crippen molar-refractivity contribution in [3.05, 3.63) is 0 Å². The first-order valence-electron chi connectivity index (χ1n) is 4.53. The van der Waals surface area contributed by atoms with Gasteiger partial charge in [0.05, 0.1) is 6.42 Å². The van der Waals surface area contributed by atoms with Gasteiger partial charge >= 0.3 is 5.97 Å². The zero-order valence-electron chi connectivity index (χ0n) is 8.28. The molecule has 4 N–H and O–H groups in total. The van der Waals surface area contributed by atoms with Crippen LogP contribution in [-0.4, -0.2) is 39.9 Å². The molecule has 7 nitrogen and oxygen atoms in total. The molecule has 2 amide bonds. The molecule has 0 aromatic carbocycles. The summed E-state index contributed by atoms with van der Waals surface area (Å²) in [6.45, 7) is 0.0462. The van der Waals surface area contributed by atoms with Gasteiger partial charge in [-0.1, -0.05) is 11.8 Å². The van der Waals surface area contributed by atoms with Crippen LogP contribution in [0.3, 0.4) is 0 Å². The average molecular weight is 245 g/mol. The van der Waals surface area contributed by atoms with E-state index < -0.39 is 11.2 Å². The first-order valence-corrected chi connectivity index (χ1v) is 5.41. The van der Waals surface area contributed by atoms with Gasteiger partial charge in [-0.25, -0.2) is 0 Å². The molecule has 0 aromatic rings. The van der Waals surface area contributed by atoms with E-state index in [9.17, 15) is 14.4 Å². The summed E-state index contributed by atoms with van der Waals surface area (Å²) in [6.07, 6.45) is -0.190. The summed E-state index contributed by atoms with van der Waals surface area (Å²) >= 11 is 0.987. The number of aliphatic carboxylic acids is 1. The number of hydrogen-bond donors (Lipinski definition) is 4. The molecule has 0 saturated carbocycles. The predicted octanol–water partition coefficient (Wildman–Crippen LogP) is -0.866. The first-order chi connectivity index (χ1) is 7.49. The van der Waals surface area contributed by atoms with Crippen molar-refractivity contribution >= 4 is 34.7 Å². The van der Waals surface area contributed by atoms with Crippen LogP contribution in [0.4, 0.5) is 0 Å². The third-order valence-corrected chi connectivity index (χ3v) is 2.82. The Morgan fingerprint density at radius 3 is 2.75 bits per heavy atom. The first kappa shape index (κ1) is 12.5. The normalized spacial score (nSPS) is 19.4. The number of rotatable bonds is 5. The molecule has 1 aliphatic heterocycles. The Labute approximate surface area is 95.5 Å². The zero-order chi connectivity index (χ0) is 12.1. The van der Waals surface area contributed by atoms with Gasteiger partial charge in [0.15, 0.2) is 5.17 Å². The van der Waals surface area contributed by atoms with E-state index in [0.717, 1.165) is 11.8 Å². The second-order valence-electron chi connectivity index (χ2n) is 3.12. The van der Waals surface area contributed by atoms with Crippen LogP contribution in [0, 0.1) is 5.41 Å². The van der Waals surface area contributed by atoms with Gasteiger partial charge in [0.1, 0.15) is 5.25 Å². The lowest BCUT2D eigenvalue weighted by Gasteiger charge is -2.05. The number of carboxylic acids is 1. The lowest BCUT2D eigenvalue weighted by Crippen LogP contribution is -2.32. The molecule has 88 valence electrons. The molecule has 0 spiro atoms. The monoisotopic (exact) mass is 245 g/mol. The van der Waals surface area contributed by atoms with E-state index >= 15 is 0 Å². The SMILES string of the molecule is N=C1NC(=O)C(CC(=O)NCCC(=O)O)S1. The summed E-state index contributed by atoms with van der Waals surface area (Å²) in [6, 6.07) is 0. The molecule has 0 radical (unpaired) electrons. The van der Waals surface area contributed by atoms with E-state index in [2.05, 4.69) is 10.6 Å². The lowest BCUT2D eigenvalue weighted by atomic mass is 10.2. The topological polar surface area (TPSA) is 119 Å². The second kappa shape index (κ2) is 5.50. The number of thioether (sulfide) groups is 1. The average Bonchev–Trinajstić information content (AvgIpc) is 2.44. The minimum Gasteiger partial charge on any atom is -0.481 e. The Hall–Kier alpha value is -1.57. The molecule has 0 aliphatic carbocycles. The van der Waals surface area contributed by atoms with Crippen LogP contribution >= 0.6 is 11.8 Å². The zero-order valence-corrected chi connectivity index (χ0v) is 9.10. The Morgan fingerprint density at radius 1 is 1.56 bits per heavy atom. The van der Waals surface area contributed by atoms with Crippen molar-refractivity contribution in [2.24, 2.45) is 0 Å². The van der Waals surface area contributed by atoms with Crippen LogP contribution in [0.1, 0.15) is 12.8 Å². The van der Waals surface area contributed by atoms with Crippen LogP contribution < -0.4 is 10.6 Å². The highest BCUT2D eigenvalue weighted by atomic mass is 32.2. The fourth-order valence-electron chi connectivity index (χ4n) is 1.10. The van der Waals surface area contributed by atoms with E-state index in [4.69, 9.17) is 10.5 Å². The van der Waals surface area contributed by atoms with E-state index in [1.54, 1.807) is 0 Å². The molecule has 1 heterocycles. The quantitative estimate of drug-likeness (QED) is 0.502. The van der Waals surface area contributed by atoms with Crippen LogP contribution in [0.5, 0.6) is 0 Å². The maximum Gasteiger partial charge on any atom is 0.305 e. The van der Waals surface area contributed by atoms with Crippen molar-refractivity contribution in [2.75, 3.05) is 6.54 Å². The minimum absolute atomic E-state index is 0.0355. The predicted molar refractivity (Wildman–Crippen MR) is 57.1 cm³/mol. The van der Waals surface area contributed by atoms with Gasteiger partial charge in [-0.3, -0.25) is 19.8 Å². The summed E-state index contributed by atoms with van der Waals surface area (Å²) in [5.41, 5.74) is 0. The molecule has 16 heavy (non-hydrogen) atoms. The molecule has 0 aromatic heterocycles. The summed E-state index contributed by atoms with van der Waals surface area (Å²) < 4.78 is 0. The van der Waals surface area contributed by atoms with Crippen molar-refractivity contribution < 1.29 is 19.5 Å². The fourth-order valence-corrected chi connectivity index (χ4v) is 1.95. The maximum atomic E-state index is 11.3. The number of carbonyl (C=O) groups excluding carboxylic acids is 2. The van der Waals surface area contributed by atoms with Crippen molar-refractivity contribution in [3.8, 4) is 0 Å². The third-order valence-electron chi connectivity index (χ3n) is 1.82. The van der Waals surface area contributed by atoms with Crippen molar-refractivity contribution in [3.63, 3.8) is 0 Å². The molecular formula is C8H11N3O4S. The number of hydrogen-bond acceptors (Lipinski definition) is 5. The van der Waals surface area contributed by atoms with Crippen LogP contribution in [-0.2, 0) is 14.4 Å². The fraction of sp³-hybridized carbons (Fsp3) is 0.500. The van der Waals surface area contributed by atoms with E-state index in [1.807, 2.05) is 0 Å². The van der Waals surface area contributed by atoms with Gasteiger partial charge in [0.2, 0.25) is 11.8 Å². The standard InChI is InChI=1S/C8H11N3O4S/c9-8-11-7(15)4(16-8)3-5(12)10-2-1-6(13)14/h4H,1-3H2,(H,10,12)(H,13,14)(H2,9,11,15). The number of amides is 2. The van der Waals surface area contributed by atoms with E-state index in [0.29, 0.717) is 0 Å². The van der Waals surface area contributed by atoms with Gasteiger partial charge < -0.3 is 15.7 Å². The highest BCUT2D eigenvalue weighted by Crippen LogP contribution is 2.20. The van der Waals surface area contributed by atoms with Crippen LogP contribution in [0.15, 0.2) is 0 Å². The Kier molecular flexibility index (Phi) is 4.29. The number of amidine groups is 1. The Bertz CT molecular complexity index is 344. The molecule has 1 rings (SSSR count). The van der Waals surface area contributed by atoms with Gasteiger partial charge in [0.25, 0.3) is 0 Å². The molecular weight excluding hydrogens is 234 g/mol. The maximum absolute atomic E-state index is 11.3. The summed E-state index contributed by atoms with van der Waals surface area (Å²) in [5, 5.41) is 19.6. The van der Waals surface area contributed by atoms with Gasteiger partial charge in [0, 0.05) is 13.0 Å². The molecule has 1 unspecified atom stereocenters. The van der Waals surface area contributed by atoms with Crippen LogP contribution in [0.2, 0.25) is 0 Å². The molecule has 1 aliphatic rings. The van der Waals surface area contributed by atoms with E-state index in [-0.39, 0.29) is 36.4 Å². The third kappa shape index (κ3) is 3.89. The molecule has 8 heteroatoms. The Balaban J connectivity index is 2.26.